The molecule has 0 saturated carbocycles. The second kappa shape index (κ2) is 21.5. The van der Waals surface area contributed by atoms with Gasteiger partial charge in [0.05, 0.1) is 33.6 Å². The highest BCUT2D eigenvalue weighted by Gasteiger charge is 2.50. The summed E-state index contributed by atoms with van der Waals surface area (Å²) in [6.45, 7) is 1.28. The molecule has 2 aromatic heterocycles. The second-order valence-corrected chi connectivity index (χ2v) is 13.5. The quantitative estimate of drug-likeness (QED) is 0.104. The lowest BCUT2D eigenvalue weighted by Gasteiger charge is -2.27. The number of benzene rings is 2. The van der Waals surface area contributed by atoms with Crippen molar-refractivity contribution in [2.24, 2.45) is 0 Å². The third-order valence-corrected chi connectivity index (χ3v) is 9.17. The van der Waals surface area contributed by atoms with Gasteiger partial charge in [-0.15, -0.1) is 0 Å². The molecular weight excluding hydrogens is 834 g/mol. The number of carbonyl (C=O) groups is 4. The molecule has 15 heteroatoms. The van der Waals surface area contributed by atoms with Crippen LogP contribution in [0.5, 0.6) is 0 Å². The zero-order valence-electron chi connectivity index (χ0n) is 27.9. The van der Waals surface area contributed by atoms with Gasteiger partial charge >= 0.3 is 11.9 Å². The number of ether oxygens (including phenoxy) is 2. The van der Waals surface area contributed by atoms with Crippen molar-refractivity contribution in [3.63, 3.8) is 0 Å². The molecular formula is C38H45Cl2IN6O6. The molecule has 0 radical (unpaired) electrons. The van der Waals surface area contributed by atoms with Crippen LogP contribution < -0.4 is 20.9 Å². The molecule has 2 aliphatic heterocycles. The van der Waals surface area contributed by atoms with Crippen LogP contribution in [0.2, 0.25) is 10.0 Å². The summed E-state index contributed by atoms with van der Waals surface area (Å²) in [4.78, 5) is 57.8. The largest absolute Gasteiger partial charge is 0.468 e. The standard InChI is InChI=1S/C18H18ClN3O3.C13H15ClN2O3.C5H4IN.2CH4/c1-25-17(24)18(21-11-13-5-7-14(19)8-6-13)10-16(23)22(12-18)15-4-2-3-9-20-15;1-19-12(18)13(6-11(17)15-8-13)16-7-9-2-4-10(14)5-3-9;6-5-3-1-2-4-7-5;;/h2-9,21H,10-12H2,1H3;2-5,16H,6-8H2,1H3,(H,15,17);1-4H;2*1H4. The molecule has 2 aromatic carbocycles. The zero-order valence-corrected chi connectivity index (χ0v) is 31.6. The van der Waals surface area contributed by atoms with Gasteiger partial charge in [0.2, 0.25) is 11.8 Å². The lowest BCUT2D eigenvalue weighted by atomic mass is 9.98. The van der Waals surface area contributed by atoms with Gasteiger partial charge in [-0.25, -0.2) is 14.6 Å². The average molecular weight is 880 g/mol. The Balaban J connectivity index is 0.000000307. The number of hydrogen-bond donors (Lipinski definition) is 3. The highest BCUT2D eigenvalue weighted by molar-refractivity contribution is 14.1. The van der Waals surface area contributed by atoms with E-state index in [4.69, 9.17) is 32.7 Å². The van der Waals surface area contributed by atoms with Gasteiger partial charge in [-0.3, -0.25) is 30.1 Å². The number of hydrogen-bond acceptors (Lipinski definition) is 10. The molecule has 2 amide bonds. The Kier molecular flexibility index (Phi) is 18.3. The summed E-state index contributed by atoms with van der Waals surface area (Å²) < 4.78 is 10.8. The first-order valence-corrected chi connectivity index (χ1v) is 17.5. The van der Waals surface area contributed by atoms with Gasteiger partial charge in [0.1, 0.15) is 20.6 Å². The first-order valence-electron chi connectivity index (χ1n) is 15.7. The molecule has 2 atom stereocenters. The number of halogens is 3. The van der Waals surface area contributed by atoms with Crippen LogP contribution in [-0.2, 0) is 41.7 Å². The number of esters is 2. The first-order chi connectivity index (χ1) is 24.5. The van der Waals surface area contributed by atoms with Crippen molar-refractivity contribution in [1.82, 2.24) is 25.9 Å². The van der Waals surface area contributed by atoms with Crippen molar-refractivity contribution in [2.75, 3.05) is 32.2 Å². The predicted molar refractivity (Wildman–Crippen MR) is 215 cm³/mol. The van der Waals surface area contributed by atoms with Crippen molar-refractivity contribution < 1.29 is 28.7 Å². The number of nitrogens with one attached hydrogen (secondary N) is 3. The van der Waals surface area contributed by atoms with Crippen LogP contribution in [0.15, 0.2) is 97.3 Å². The number of carbonyl (C=O) groups excluding carboxylic acids is 4. The molecule has 0 bridgehead atoms. The average Bonchev–Trinajstić information content (AvgIpc) is 3.72. The Morgan fingerprint density at radius 1 is 0.774 bits per heavy atom. The Morgan fingerprint density at radius 2 is 1.28 bits per heavy atom. The monoisotopic (exact) mass is 878 g/mol. The van der Waals surface area contributed by atoms with Gasteiger partial charge in [0, 0.05) is 42.1 Å². The van der Waals surface area contributed by atoms with Crippen LogP contribution in [0.1, 0.15) is 38.8 Å². The molecule has 0 aliphatic carbocycles. The summed E-state index contributed by atoms with van der Waals surface area (Å²) >= 11 is 13.9. The van der Waals surface area contributed by atoms with E-state index in [2.05, 4.69) is 48.5 Å². The first kappa shape index (κ1) is 45.0. The fourth-order valence-corrected chi connectivity index (χ4v) is 5.91. The van der Waals surface area contributed by atoms with Gasteiger partial charge in [-0.1, -0.05) is 74.5 Å². The van der Waals surface area contributed by atoms with Crippen molar-refractivity contribution in [2.45, 2.75) is 51.9 Å². The minimum Gasteiger partial charge on any atom is -0.468 e. The third-order valence-electron chi connectivity index (χ3n) is 8.03. The number of pyridine rings is 2. The van der Waals surface area contributed by atoms with Crippen molar-refractivity contribution >= 4 is 75.4 Å². The van der Waals surface area contributed by atoms with E-state index in [0.717, 1.165) is 14.8 Å². The number of aromatic nitrogens is 2. The zero-order chi connectivity index (χ0) is 36.9. The second-order valence-electron chi connectivity index (χ2n) is 11.6. The highest BCUT2D eigenvalue weighted by atomic mass is 127. The maximum Gasteiger partial charge on any atom is 0.328 e. The number of methoxy groups -OCH3 is 2. The van der Waals surface area contributed by atoms with Gasteiger partial charge in [0.15, 0.2) is 0 Å². The number of nitrogens with zero attached hydrogens (tertiary/aromatic N) is 3. The minimum absolute atomic E-state index is 0. The van der Waals surface area contributed by atoms with Gasteiger partial charge in [0.25, 0.3) is 0 Å². The predicted octanol–water partition coefficient (Wildman–Crippen LogP) is 5.99. The van der Waals surface area contributed by atoms with Gasteiger partial charge in [-0.2, -0.15) is 0 Å². The van der Waals surface area contributed by atoms with E-state index in [1.807, 2.05) is 42.5 Å². The lowest BCUT2D eigenvalue weighted by Crippen LogP contribution is -2.54. The Bertz CT molecular complexity index is 1770. The van der Waals surface area contributed by atoms with Crippen LogP contribution in [0.25, 0.3) is 0 Å². The molecule has 0 spiro atoms. The summed E-state index contributed by atoms with van der Waals surface area (Å²) in [7, 11) is 2.64. The van der Waals surface area contributed by atoms with Crippen molar-refractivity contribution in [3.8, 4) is 0 Å². The molecule has 284 valence electrons. The molecule has 6 rings (SSSR count). The molecule has 2 saturated heterocycles. The summed E-state index contributed by atoms with van der Waals surface area (Å²) in [6.07, 6.45) is 3.50. The maximum absolute atomic E-state index is 12.5. The van der Waals surface area contributed by atoms with E-state index in [9.17, 15) is 19.2 Å². The Morgan fingerprint density at radius 3 is 1.70 bits per heavy atom. The number of rotatable bonds is 9. The van der Waals surface area contributed by atoms with E-state index in [0.29, 0.717) is 29.0 Å². The SMILES string of the molecule is C.C.COC(=O)C1(NCc2ccc(Cl)cc2)CC(=O)N(c2ccccn2)C1.COC(=O)C1(NCc2ccc(Cl)cc2)CNC(=O)C1.Ic1ccccn1. The molecule has 2 aliphatic rings. The molecule has 4 heterocycles. The molecule has 53 heavy (non-hydrogen) atoms. The topological polar surface area (TPSA) is 152 Å². The number of amides is 2. The van der Waals surface area contributed by atoms with Crippen molar-refractivity contribution in [1.29, 1.82) is 0 Å². The minimum atomic E-state index is -1.11. The fourth-order valence-electron chi connectivity index (χ4n) is 5.29. The summed E-state index contributed by atoms with van der Waals surface area (Å²) in [5.74, 6) is -0.707. The lowest BCUT2D eigenvalue weighted by molar-refractivity contribution is -0.149. The number of anilines is 1. The van der Waals surface area contributed by atoms with Crippen LogP contribution in [-0.4, -0.2) is 72.1 Å². The van der Waals surface area contributed by atoms with E-state index >= 15 is 0 Å². The fraction of sp³-hybridized carbons (Fsp3) is 0.316. The molecule has 2 fully saturated rings. The molecule has 4 aromatic rings. The third kappa shape index (κ3) is 12.7. The molecule has 12 nitrogen and oxygen atoms in total. The van der Waals surface area contributed by atoms with E-state index in [1.165, 1.54) is 19.1 Å². The van der Waals surface area contributed by atoms with E-state index < -0.39 is 23.0 Å². The normalized spacial score (nSPS) is 18.5. The summed E-state index contributed by atoms with van der Waals surface area (Å²) in [5, 5.41) is 10.3. The summed E-state index contributed by atoms with van der Waals surface area (Å²) in [6, 6.07) is 25.7. The van der Waals surface area contributed by atoms with E-state index in [-0.39, 0.29) is 52.6 Å². The van der Waals surface area contributed by atoms with Crippen LogP contribution >= 0.6 is 45.8 Å². The Labute approximate surface area is 334 Å². The summed E-state index contributed by atoms with van der Waals surface area (Å²) in [5.41, 5.74) is -0.155. The van der Waals surface area contributed by atoms with Gasteiger partial charge in [-0.05, 0) is 82.2 Å². The van der Waals surface area contributed by atoms with Crippen LogP contribution in [0, 0.1) is 3.70 Å². The van der Waals surface area contributed by atoms with E-state index in [1.54, 1.807) is 54.9 Å². The molecule has 3 N–H and O–H groups in total. The smallest absolute Gasteiger partial charge is 0.328 e. The van der Waals surface area contributed by atoms with Crippen molar-refractivity contribution in [3.05, 3.63) is 122 Å². The maximum atomic E-state index is 12.5. The van der Waals surface area contributed by atoms with Crippen LogP contribution in [0.4, 0.5) is 5.82 Å². The van der Waals surface area contributed by atoms with Gasteiger partial charge < -0.3 is 14.8 Å². The van der Waals surface area contributed by atoms with Crippen LogP contribution in [0.3, 0.4) is 0 Å². The highest BCUT2D eigenvalue weighted by Crippen LogP contribution is 2.28. The Hall–Kier alpha value is -4.15. The molecule has 2 unspecified atom stereocenters.